The summed E-state index contributed by atoms with van der Waals surface area (Å²) in [6, 6.07) is 5.06. The molecule has 2 unspecified atom stereocenters. The highest BCUT2D eigenvalue weighted by Crippen LogP contribution is 2.39. The molecule has 0 bridgehead atoms. The Bertz CT molecular complexity index is 505. The molecule has 0 aliphatic carbocycles. The summed E-state index contributed by atoms with van der Waals surface area (Å²) in [4.78, 5) is 25.2. The number of rotatable bonds is 4. The number of aliphatic hydroxyl groups is 2. The Balaban J connectivity index is 2.38. The fourth-order valence-corrected chi connectivity index (χ4v) is 3.07. The van der Waals surface area contributed by atoms with Crippen LogP contribution in [0.15, 0.2) is 23.1 Å². The van der Waals surface area contributed by atoms with Crippen LogP contribution < -0.4 is 4.90 Å². The Morgan fingerprint density at radius 1 is 1.53 bits per heavy atom. The van der Waals surface area contributed by atoms with Crippen LogP contribution in [0.2, 0.25) is 0 Å². The van der Waals surface area contributed by atoms with E-state index in [4.69, 9.17) is 5.11 Å². The highest BCUT2D eigenvalue weighted by Gasteiger charge is 2.31. The van der Waals surface area contributed by atoms with Gasteiger partial charge in [-0.2, -0.15) is 0 Å². The number of benzene rings is 1. The molecule has 0 aromatic heterocycles. The fourth-order valence-electron chi connectivity index (χ4n) is 1.96. The van der Waals surface area contributed by atoms with Crippen LogP contribution in [0.5, 0.6) is 0 Å². The molecule has 0 radical (unpaired) electrons. The van der Waals surface area contributed by atoms with Crippen LogP contribution >= 0.6 is 11.8 Å². The van der Waals surface area contributed by atoms with Gasteiger partial charge in [-0.3, -0.25) is 9.59 Å². The van der Waals surface area contributed by atoms with E-state index in [-0.39, 0.29) is 17.7 Å². The smallest absolute Gasteiger partial charge is 0.240 e. The molecule has 1 amide bonds. The topological polar surface area (TPSA) is 77.8 Å². The van der Waals surface area contributed by atoms with E-state index >= 15 is 0 Å². The first-order chi connectivity index (χ1) is 9.06. The zero-order valence-electron chi connectivity index (χ0n) is 10.4. The fraction of sp³-hybridized carbons (Fsp3) is 0.385. The van der Waals surface area contributed by atoms with Crippen molar-refractivity contribution in [1.82, 2.24) is 0 Å². The highest BCUT2D eigenvalue weighted by atomic mass is 32.2. The van der Waals surface area contributed by atoms with E-state index in [0.717, 1.165) is 11.2 Å². The highest BCUT2D eigenvalue weighted by molar-refractivity contribution is 8.01. The van der Waals surface area contributed by atoms with E-state index < -0.39 is 12.7 Å². The molecule has 2 N–H and O–H groups in total. The summed E-state index contributed by atoms with van der Waals surface area (Å²) in [5, 5.41) is 18.2. The maximum atomic E-state index is 12.1. The number of amides is 1. The van der Waals surface area contributed by atoms with Gasteiger partial charge in [0, 0.05) is 10.5 Å². The molecule has 1 aromatic rings. The molecular weight excluding hydrogens is 266 g/mol. The molecule has 0 saturated heterocycles. The first kappa shape index (κ1) is 14.0. The lowest BCUT2D eigenvalue weighted by atomic mass is 10.1. The standard InChI is InChI=1S/C13H15NO4S/c1-8-13(18)14(5-10(17)7-16)11-3-2-9(6-15)4-12(11)19-8/h2-4,6,8,10,16-17H,5,7H2,1H3. The number of aliphatic hydroxyl groups excluding tert-OH is 2. The van der Waals surface area contributed by atoms with Crippen molar-refractivity contribution >= 4 is 29.6 Å². The van der Waals surface area contributed by atoms with Gasteiger partial charge in [0.1, 0.15) is 6.29 Å². The van der Waals surface area contributed by atoms with Crippen LogP contribution in [0.4, 0.5) is 5.69 Å². The average molecular weight is 281 g/mol. The quantitative estimate of drug-likeness (QED) is 0.794. The third-order valence-electron chi connectivity index (χ3n) is 2.93. The molecule has 2 atom stereocenters. The molecule has 0 saturated carbocycles. The number of aldehydes is 1. The molecule has 5 nitrogen and oxygen atoms in total. The van der Waals surface area contributed by atoms with Gasteiger partial charge in [-0.25, -0.2) is 0 Å². The summed E-state index contributed by atoms with van der Waals surface area (Å²) in [5.41, 5.74) is 1.22. The lowest BCUT2D eigenvalue weighted by Gasteiger charge is -2.33. The average Bonchev–Trinajstić information content (AvgIpc) is 2.42. The number of fused-ring (bicyclic) bond motifs is 1. The summed E-state index contributed by atoms with van der Waals surface area (Å²) in [5.74, 6) is -0.108. The molecule has 1 heterocycles. The number of thioether (sulfide) groups is 1. The third-order valence-corrected chi connectivity index (χ3v) is 4.07. The minimum absolute atomic E-state index is 0.0493. The molecule has 1 aliphatic rings. The van der Waals surface area contributed by atoms with Crippen LogP contribution in [0.25, 0.3) is 0 Å². The number of carbonyl (C=O) groups is 2. The number of hydrogen-bond acceptors (Lipinski definition) is 5. The number of anilines is 1. The zero-order chi connectivity index (χ0) is 14.0. The Hall–Kier alpha value is -1.37. The van der Waals surface area contributed by atoms with Gasteiger partial charge < -0.3 is 15.1 Å². The van der Waals surface area contributed by atoms with Gasteiger partial charge >= 0.3 is 0 Å². The van der Waals surface area contributed by atoms with Gasteiger partial charge in [-0.05, 0) is 25.1 Å². The zero-order valence-corrected chi connectivity index (χ0v) is 11.3. The van der Waals surface area contributed by atoms with Gasteiger partial charge in [0.15, 0.2) is 0 Å². The Labute approximate surface area is 115 Å². The van der Waals surface area contributed by atoms with Gasteiger partial charge in [0.2, 0.25) is 5.91 Å². The largest absolute Gasteiger partial charge is 0.394 e. The van der Waals surface area contributed by atoms with E-state index in [0.29, 0.717) is 11.3 Å². The molecule has 6 heteroatoms. The van der Waals surface area contributed by atoms with Crippen molar-refractivity contribution in [3.05, 3.63) is 23.8 Å². The molecule has 0 spiro atoms. The lowest BCUT2D eigenvalue weighted by molar-refractivity contribution is -0.118. The maximum absolute atomic E-state index is 12.1. The number of hydrogen-bond donors (Lipinski definition) is 2. The van der Waals surface area contributed by atoms with Crippen LogP contribution in [0, 0.1) is 0 Å². The minimum Gasteiger partial charge on any atom is -0.394 e. The van der Waals surface area contributed by atoms with E-state index in [2.05, 4.69) is 0 Å². The van der Waals surface area contributed by atoms with E-state index in [9.17, 15) is 14.7 Å². The van der Waals surface area contributed by atoms with Gasteiger partial charge in [-0.1, -0.05) is 0 Å². The first-order valence-corrected chi connectivity index (χ1v) is 6.81. The van der Waals surface area contributed by atoms with Gasteiger partial charge in [-0.15, -0.1) is 11.8 Å². The molecule has 102 valence electrons. The van der Waals surface area contributed by atoms with Gasteiger partial charge in [0.25, 0.3) is 0 Å². The lowest BCUT2D eigenvalue weighted by Crippen LogP contribution is -2.44. The number of β-amino-alcohol motifs (C(OH)–C–C–N with tert-alkyl or cyclic N) is 1. The minimum atomic E-state index is -0.974. The van der Waals surface area contributed by atoms with Crippen molar-refractivity contribution in [1.29, 1.82) is 0 Å². The van der Waals surface area contributed by atoms with Crippen molar-refractivity contribution < 1.29 is 19.8 Å². The van der Waals surface area contributed by atoms with Crippen LogP contribution in [-0.2, 0) is 4.79 Å². The van der Waals surface area contributed by atoms with Crippen molar-refractivity contribution in [2.75, 3.05) is 18.1 Å². The summed E-state index contributed by atoms with van der Waals surface area (Å²) in [7, 11) is 0. The molecule has 1 aromatic carbocycles. The summed E-state index contributed by atoms with van der Waals surface area (Å²) in [6.07, 6.45) is -0.215. The predicted molar refractivity (Wildman–Crippen MR) is 72.6 cm³/mol. The monoisotopic (exact) mass is 281 g/mol. The molecule has 0 fully saturated rings. The number of carbonyl (C=O) groups excluding carboxylic acids is 2. The predicted octanol–water partition coefficient (Wildman–Crippen LogP) is 0.679. The van der Waals surface area contributed by atoms with Crippen LogP contribution in [0.3, 0.4) is 0 Å². The van der Waals surface area contributed by atoms with Crippen molar-refractivity contribution in [2.45, 2.75) is 23.2 Å². The molecule has 19 heavy (non-hydrogen) atoms. The Morgan fingerprint density at radius 3 is 2.89 bits per heavy atom. The molecule has 1 aliphatic heterocycles. The van der Waals surface area contributed by atoms with Gasteiger partial charge in [0.05, 0.1) is 30.2 Å². The van der Waals surface area contributed by atoms with Crippen molar-refractivity contribution in [3.63, 3.8) is 0 Å². The molecular formula is C13H15NO4S. The van der Waals surface area contributed by atoms with E-state index in [1.165, 1.54) is 16.7 Å². The summed E-state index contributed by atoms with van der Waals surface area (Å²) in [6.45, 7) is 1.43. The van der Waals surface area contributed by atoms with Crippen molar-refractivity contribution in [3.8, 4) is 0 Å². The summed E-state index contributed by atoms with van der Waals surface area (Å²) < 4.78 is 0. The summed E-state index contributed by atoms with van der Waals surface area (Å²) >= 11 is 1.39. The Morgan fingerprint density at radius 2 is 2.26 bits per heavy atom. The molecule has 2 rings (SSSR count). The van der Waals surface area contributed by atoms with E-state index in [1.54, 1.807) is 25.1 Å². The number of nitrogens with zero attached hydrogens (tertiary/aromatic N) is 1. The second-order valence-electron chi connectivity index (χ2n) is 4.39. The van der Waals surface area contributed by atoms with E-state index in [1.807, 2.05) is 0 Å². The normalized spacial score (nSPS) is 20.1. The third kappa shape index (κ3) is 2.80. The second kappa shape index (κ2) is 5.73. The maximum Gasteiger partial charge on any atom is 0.240 e. The Kier molecular flexibility index (Phi) is 4.24. The van der Waals surface area contributed by atoms with Crippen LogP contribution in [0.1, 0.15) is 17.3 Å². The second-order valence-corrected chi connectivity index (χ2v) is 5.77. The van der Waals surface area contributed by atoms with Crippen molar-refractivity contribution in [2.24, 2.45) is 0 Å². The van der Waals surface area contributed by atoms with Crippen LogP contribution in [-0.4, -0.2) is 46.9 Å². The first-order valence-electron chi connectivity index (χ1n) is 5.93. The SMILES string of the molecule is CC1Sc2cc(C=O)ccc2N(CC(O)CO)C1=O.